The van der Waals surface area contributed by atoms with E-state index in [1.165, 1.54) is 16.5 Å². The van der Waals surface area contributed by atoms with Gasteiger partial charge in [-0.25, -0.2) is 0 Å². The van der Waals surface area contributed by atoms with Gasteiger partial charge in [-0.3, -0.25) is 4.79 Å². The van der Waals surface area contributed by atoms with E-state index in [9.17, 15) is 4.79 Å². The zero-order chi connectivity index (χ0) is 13.5. The topological polar surface area (TPSA) is 54.3 Å². The highest BCUT2D eigenvalue weighted by atomic mass is 16.4. The molecule has 0 bridgehead atoms. The third kappa shape index (κ3) is 2.12. The number of aromatic nitrogens is 1. The van der Waals surface area contributed by atoms with Gasteiger partial charge in [-0.15, -0.1) is 0 Å². The van der Waals surface area contributed by atoms with Crippen molar-refractivity contribution in [2.75, 3.05) is 6.54 Å². The molecule has 0 spiro atoms. The molecule has 0 radical (unpaired) electrons. The van der Waals surface area contributed by atoms with E-state index < -0.39 is 11.4 Å². The molecule has 19 heavy (non-hydrogen) atoms. The summed E-state index contributed by atoms with van der Waals surface area (Å²) >= 11 is 0. The minimum Gasteiger partial charge on any atom is -0.481 e. The summed E-state index contributed by atoms with van der Waals surface area (Å²) < 4.78 is 2.11. The van der Waals surface area contributed by atoms with Crippen molar-refractivity contribution in [3.05, 3.63) is 36.0 Å². The van der Waals surface area contributed by atoms with E-state index in [1.807, 2.05) is 19.2 Å². The third-order valence-electron chi connectivity index (χ3n) is 4.07. The number of fused-ring (bicyclic) bond motifs is 1. The van der Waals surface area contributed by atoms with E-state index >= 15 is 0 Å². The fourth-order valence-corrected chi connectivity index (χ4v) is 2.62. The van der Waals surface area contributed by atoms with Crippen LogP contribution in [0.4, 0.5) is 0 Å². The number of hydrogen-bond donors (Lipinski definition) is 2. The second-order valence-electron chi connectivity index (χ2n) is 5.47. The maximum atomic E-state index is 11.1. The van der Waals surface area contributed by atoms with Gasteiger partial charge in [0.25, 0.3) is 0 Å². The molecular weight excluding hydrogens is 240 g/mol. The Morgan fingerprint density at radius 3 is 2.84 bits per heavy atom. The average molecular weight is 258 g/mol. The fourth-order valence-electron chi connectivity index (χ4n) is 2.62. The molecule has 1 fully saturated rings. The van der Waals surface area contributed by atoms with Crippen LogP contribution < -0.4 is 5.32 Å². The summed E-state index contributed by atoms with van der Waals surface area (Å²) in [7, 11) is 2.03. The highest BCUT2D eigenvalue weighted by Gasteiger charge is 2.49. The minimum atomic E-state index is -0.669. The molecule has 2 N–H and O–H groups in total. The lowest BCUT2D eigenvalue weighted by Gasteiger charge is -2.10. The zero-order valence-electron chi connectivity index (χ0n) is 11.0. The van der Waals surface area contributed by atoms with E-state index in [1.54, 1.807) is 0 Å². The summed E-state index contributed by atoms with van der Waals surface area (Å²) in [5, 5.41) is 13.7. The molecule has 1 heterocycles. The average Bonchev–Trinajstić information content (AvgIpc) is 3.12. The summed E-state index contributed by atoms with van der Waals surface area (Å²) in [4.78, 5) is 11.1. The third-order valence-corrected chi connectivity index (χ3v) is 4.07. The molecule has 0 unspecified atom stereocenters. The van der Waals surface area contributed by atoms with Gasteiger partial charge in [0.05, 0.1) is 5.41 Å². The maximum Gasteiger partial charge on any atom is 0.310 e. The Morgan fingerprint density at radius 1 is 1.42 bits per heavy atom. The van der Waals surface area contributed by atoms with Crippen molar-refractivity contribution >= 4 is 16.9 Å². The summed E-state index contributed by atoms with van der Waals surface area (Å²) in [6, 6.07) is 8.27. The molecule has 2 aromatic rings. The molecule has 100 valence electrons. The van der Waals surface area contributed by atoms with Crippen LogP contribution >= 0.6 is 0 Å². The normalized spacial score (nSPS) is 16.7. The molecule has 1 aromatic heterocycles. The van der Waals surface area contributed by atoms with E-state index in [0.717, 1.165) is 19.4 Å². The highest BCUT2D eigenvalue weighted by Crippen LogP contribution is 2.45. The number of nitrogens with zero attached hydrogens (tertiary/aromatic N) is 1. The maximum absolute atomic E-state index is 11.1. The van der Waals surface area contributed by atoms with Crippen molar-refractivity contribution in [1.29, 1.82) is 0 Å². The van der Waals surface area contributed by atoms with Gasteiger partial charge in [0.15, 0.2) is 0 Å². The Kier molecular flexibility index (Phi) is 2.82. The fraction of sp³-hybridized carbons (Fsp3) is 0.400. The van der Waals surface area contributed by atoms with Crippen molar-refractivity contribution in [2.45, 2.75) is 19.4 Å². The first-order chi connectivity index (χ1) is 9.12. The number of rotatable bonds is 5. The minimum absolute atomic E-state index is 0.495. The van der Waals surface area contributed by atoms with Crippen LogP contribution in [0.2, 0.25) is 0 Å². The van der Waals surface area contributed by atoms with Crippen LogP contribution in [0.5, 0.6) is 0 Å². The Balaban J connectivity index is 1.71. The van der Waals surface area contributed by atoms with Crippen molar-refractivity contribution in [2.24, 2.45) is 12.5 Å². The molecule has 0 atom stereocenters. The van der Waals surface area contributed by atoms with Crippen molar-refractivity contribution in [3.63, 3.8) is 0 Å². The van der Waals surface area contributed by atoms with Crippen LogP contribution in [-0.4, -0.2) is 22.2 Å². The molecule has 3 rings (SSSR count). The lowest BCUT2D eigenvalue weighted by molar-refractivity contribution is -0.143. The van der Waals surface area contributed by atoms with E-state index in [4.69, 9.17) is 5.11 Å². The van der Waals surface area contributed by atoms with Gasteiger partial charge in [0.2, 0.25) is 0 Å². The van der Waals surface area contributed by atoms with Crippen LogP contribution in [0.1, 0.15) is 18.4 Å². The van der Waals surface area contributed by atoms with Crippen molar-refractivity contribution in [1.82, 2.24) is 9.88 Å². The summed E-state index contributed by atoms with van der Waals surface area (Å²) in [6.45, 7) is 1.28. The van der Waals surface area contributed by atoms with Gasteiger partial charge in [-0.1, -0.05) is 18.2 Å². The molecule has 1 aromatic carbocycles. The Labute approximate surface area is 112 Å². The first kappa shape index (κ1) is 12.2. The van der Waals surface area contributed by atoms with E-state index in [-0.39, 0.29) is 0 Å². The largest absolute Gasteiger partial charge is 0.481 e. The molecule has 1 aliphatic carbocycles. The van der Waals surface area contributed by atoms with Crippen LogP contribution in [0.3, 0.4) is 0 Å². The number of carbonyl (C=O) groups is 1. The number of nitrogens with one attached hydrogen (secondary N) is 1. The summed E-state index contributed by atoms with van der Waals surface area (Å²) in [5.41, 5.74) is 1.93. The number of para-hydroxylation sites is 1. The first-order valence-corrected chi connectivity index (χ1v) is 6.59. The van der Waals surface area contributed by atoms with Gasteiger partial charge < -0.3 is 15.0 Å². The molecular formula is C15H18N2O2. The second kappa shape index (κ2) is 4.38. The molecule has 0 saturated heterocycles. The number of hydrogen-bond acceptors (Lipinski definition) is 2. The molecule has 4 nitrogen and oxygen atoms in total. The standard InChI is InChI=1S/C15H18N2O2/c1-17-9-11(12-4-2-3-5-13(12)17)8-16-10-15(6-7-15)14(18)19/h2-5,9,16H,6-8,10H2,1H3,(H,18,19). The highest BCUT2D eigenvalue weighted by molar-refractivity contribution is 5.83. The molecule has 1 aliphatic rings. The Bertz CT molecular complexity index is 626. The number of aliphatic carboxylic acids is 1. The van der Waals surface area contributed by atoms with Gasteiger partial charge in [-0.2, -0.15) is 0 Å². The Morgan fingerprint density at radius 2 is 2.16 bits per heavy atom. The van der Waals surface area contributed by atoms with Crippen LogP contribution in [0.15, 0.2) is 30.5 Å². The molecule has 1 saturated carbocycles. The quantitative estimate of drug-likeness (QED) is 0.864. The van der Waals surface area contributed by atoms with Gasteiger partial charge in [-0.05, 0) is 24.5 Å². The van der Waals surface area contributed by atoms with E-state index in [0.29, 0.717) is 6.54 Å². The number of carboxylic acids is 1. The predicted molar refractivity (Wildman–Crippen MR) is 73.9 cm³/mol. The lowest BCUT2D eigenvalue weighted by Crippen LogP contribution is -2.29. The predicted octanol–water partition coefficient (Wildman–Crippen LogP) is 2.13. The molecule has 4 heteroatoms. The van der Waals surface area contributed by atoms with Crippen LogP contribution in [-0.2, 0) is 18.4 Å². The Hall–Kier alpha value is -1.81. The van der Waals surface area contributed by atoms with Gasteiger partial charge >= 0.3 is 5.97 Å². The first-order valence-electron chi connectivity index (χ1n) is 6.59. The van der Waals surface area contributed by atoms with Gasteiger partial charge in [0, 0.05) is 37.2 Å². The van der Waals surface area contributed by atoms with Crippen molar-refractivity contribution in [3.8, 4) is 0 Å². The molecule has 0 aliphatic heterocycles. The smallest absolute Gasteiger partial charge is 0.310 e. The van der Waals surface area contributed by atoms with Crippen LogP contribution in [0.25, 0.3) is 10.9 Å². The SMILES string of the molecule is Cn1cc(CNCC2(C(=O)O)CC2)c2ccccc21. The van der Waals surface area contributed by atoms with Gasteiger partial charge in [0.1, 0.15) is 0 Å². The van der Waals surface area contributed by atoms with Crippen LogP contribution in [0, 0.1) is 5.41 Å². The van der Waals surface area contributed by atoms with E-state index in [2.05, 4.69) is 28.2 Å². The zero-order valence-corrected chi connectivity index (χ0v) is 11.0. The number of aryl methyl sites for hydroxylation is 1. The summed E-state index contributed by atoms with van der Waals surface area (Å²) in [6.07, 6.45) is 3.70. The molecule has 0 amide bonds. The number of benzene rings is 1. The monoisotopic (exact) mass is 258 g/mol. The summed E-state index contributed by atoms with van der Waals surface area (Å²) in [5.74, 6) is -0.669. The second-order valence-corrected chi connectivity index (χ2v) is 5.47. The number of carboxylic acid groups (broad SMARTS) is 1. The lowest BCUT2D eigenvalue weighted by atomic mass is 10.1. The van der Waals surface area contributed by atoms with Crippen molar-refractivity contribution < 1.29 is 9.90 Å².